The minimum Gasteiger partial charge on any atom is -0.495 e. The van der Waals surface area contributed by atoms with Crippen molar-refractivity contribution < 1.29 is 9.53 Å². The Hall–Kier alpha value is -2.75. The van der Waals surface area contributed by atoms with Gasteiger partial charge in [-0.15, -0.1) is 0 Å². The molecule has 21 heavy (non-hydrogen) atoms. The molecule has 0 spiro atoms. The first kappa shape index (κ1) is 13.2. The lowest BCUT2D eigenvalue weighted by molar-refractivity contribution is 0.0943. The quantitative estimate of drug-likeness (QED) is 0.909. The molecule has 0 saturated heterocycles. The van der Waals surface area contributed by atoms with Crippen molar-refractivity contribution in [2.24, 2.45) is 0 Å². The monoisotopic (exact) mass is 280 g/mol. The summed E-state index contributed by atoms with van der Waals surface area (Å²) in [6.45, 7) is 0. The van der Waals surface area contributed by atoms with Crippen LogP contribution >= 0.6 is 0 Å². The minimum atomic E-state index is -0.262. The molecule has 2 N–H and O–H groups in total. The molecule has 1 aliphatic rings. The second kappa shape index (κ2) is 5.71. The lowest BCUT2D eigenvalue weighted by atomic mass is 10.1. The predicted octanol–water partition coefficient (Wildman–Crippen LogP) is 2.89. The van der Waals surface area contributed by atoms with Gasteiger partial charge in [-0.2, -0.15) is 0 Å². The molecule has 4 heteroatoms. The second-order valence-corrected chi connectivity index (χ2v) is 4.75. The van der Waals surface area contributed by atoms with Crippen molar-refractivity contribution in [3.8, 4) is 5.75 Å². The molecule has 106 valence electrons. The van der Waals surface area contributed by atoms with Crippen molar-refractivity contribution in [2.45, 2.75) is 6.17 Å². The van der Waals surface area contributed by atoms with E-state index >= 15 is 0 Å². The van der Waals surface area contributed by atoms with Gasteiger partial charge in [-0.3, -0.25) is 4.79 Å². The third-order valence-electron chi connectivity index (χ3n) is 3.36. The van der Waals surface area contributed by atoms with E-state index in [0.29, 0.717) is 11.3 Å². The van der Waals surface area contributed by atoms with Gasteiger partial charge in [0.1, 0.15) is 11.9 Å². The van der Waals surface area contributed by atoms with Gasteiger partial charge in [0.2, 0.25) is 0 Å². The second-order valence-electron chi connectivity index (χ2n) is 4.75. The van der Waals surface area contributed by atoms with Crippen molar-refractivity contribution in [2.75, 3.05) is 12.4 Å². The normalized spacial score (nSPS) is 17.0. The minimum absolute atomic E-state index is 0.106. The molecule has 1 heterocycles. The van der Waals surface area contributed by atoms with Crippen molar-refractivity contribution in [1.82, 2.24) is 5.32 Å². The highest BCUT2D eigenvalue weighted by molar-refractivity contribution is 6.03. The van der Waals surface area contributed by atoms with Gasteiger partial charge in [-0.1, -0.05) is 42.5 Å². The van der Waals surface area contributed by atoms with Crippen LogP contribution in [-0.2, 0) is 0 Å². The zero-order valence-electron chi connectivity index (χ0n) is 11.7. The summed E-state index contributed by atoms with van der Waals surface area (Å²) < 4.78 is 5.31. The van der Waals surface area contributed by atoms with Gasteiger partial charge in [0.15, 0.2) is 0 Å². The maximum absolute atomic E-state index is 12.1. The molecule has 4 nitrogen and oxygen atoms in total. The van der Waals surface area contributed by atoms with E-state index in [0.717, 1.165) is 11.3 Å². The van der Waals surface area contributed by atoms with E-state index < -0.39 is 0 Å². The Balaban J connectivity index is 1.85. The molecule has 0 fully saturated rings. The van der Waals surface area contributed by atoms with Crippen molar-refractivity contribution in [3.05, 3.63) is 65.7 Å². The molecule has 3 rings (SSSR count). The Morgan fingerprint density at radius 1 is 1.05 bits per heavy atom. The molecule has 0 aliphatic carbocycles. The van der Waals surface area contributed by atoms with Crippen LogP contribution in [0.1, 0.15) is 15.9 Å². The van der Waals surface area contributed by atoms with Crippen LogP contribution in [-0.4, -0.2) is 19.2 Å². The van der Waals surface area contributed by atoms with E-state index in [9.17, 15) is 4.79 Å². The molecule has 0 unspecified atom stereocenters. The van der Waals surface area contributed by atoms with Crippen molar-refractivity contribution in [3.63, 3.8) is 0 Å². The lowest BCUT2D eigenvalue weighted by Gasteiger charge is -2.27. The summed E-state index contributed by atoms with van der Waals surface area (Å²) in [6.07, 6.45) is 3.63. The molecule has 1 aliphatic heterocycles. The zero-order chi connectivity index (χ0) is 14.7. The number of anilines is 1. The summed E-state index contributed by atoms with van der Waals surface area (Å²) in [5, 5.41) is 6.18. The molecular formula is C17H16N2O2. The fraction of sp³-hybridized carbons (Fsp3) is 0.118. The van der Waals surface area contributed by atoms with E-state index in [1.165, 1.54) is 0 Å². The Morgan fingerprint density at radius 3 is 2.62 bits per heavy atom. The number of carbonyl (C=O) groups is 1. The number of nitrogens with one attached hydrogen (secondary N) is 2. The summed E-state index contributed by atoms with van der Waals surface area (Å²) in [5.41, 5.74) is 2.41. The molecule has 2 aromatic carbocycles. The number of methoxy groups -OCH3 is 1. The number of para-hydroxylation sites is 1. The van der Waals surface area contributed by atoms with Gasteiger partial charge in [-0.05, 0) is 23.8 Å². The van der Waals surface area contributed by atoms with Gasteiger partial charge in [0.25, 0.3) is 5.91 Å². The Bertz CT molecular complexity index is 680. The molecule has 1 amide bonds. The summed E-state index contributed by atoms with van der Waals surface area (Å²) in [6, 6.07) is 15.4. The SMILES string of the molecule is COc1cccc2c1N[C@@H](/C=C/c1ccccc1)NC2=O. The van der Waals surface area contributed by atoms with E-state index in [-0.39, 0.29) is 12.1 Å². The molecule has 2 aromatic rings. The lowest BCUT2D eigenvalue weighted by Crippen LogP contribution is -2.43. The topological polar surface area (TPSA) is 50.4 Å². The third kappa shape index (κ3) is 2.74. The maximum atomic E-state index is 12.1. The van der Waals surface area contributed by atoms with Crippen LogP contribution in [0.15, 0.2) is 54.6 Å². The first-order chi connectivity index (χ1) is 10.3. The molecular weight excluding hydrogens is 264 g/mol. The van der Waals surface area contributed by atoms with Crippen LogP contribution < -0.4 is 15.4 Å². The number of fused-ring (bicyclic) bond motifs is 1. The van der Waals surface area contributed by atoms with Gasteiger partial charge < -0.3 is 15.4 Å². The van der Waals surface area contributed by atoms with Crippen LogP contribution in [0.4, 0.5) is 5.69 Å². The standard InChI is InChI=1S/C17H16N2O2/c1-21-14-9-5-8-13-16(14)18-15(19-17(13)20)11-10-12-6-3-2-4-7-12/h2-11,15,18H,1H3,(H,19,20)/b11-10+/t15-/m1/s1. The number of hydrogen-bond acceptors (Lipinski definition) is 3. The van der Waals surface area contributed by atoms with Crippen LogP contribution in [0, 0.1) is 0 Å². The maximum Gasteiger partial charge on any atom is 0.255 e. The number of amides is 1. The molecule has 0 radical (unpaired) electrons. The number of rotatable bonds is 3. The van der Waals surface area contributed by atoms with Crippen LogP contribution in [0.25, 0.3) is 6.08 Å². The van der Waals surface area contributed by atoms with Gasteiger partial charge in [0.05, 0.1) is 18.4 Å². The first-order valence-electron chi connectivity index (χ1n) is 6.75. The average Bonchev–Trinajstić information content (AvgIpc) is 2.53. The Labute approximate surface area is 123 Å². The van der Waals surface area contributed by atoms with Crippen LogP contribution in [0.3, 0.4) is 0 Å². The third-order valence-corrected chi connectivity index (χ3v) is 3.36. The molecule has 0 aromatic heterocycles. The summed E-state index contributed by atoms with van der Waals surface area (Å²) >= 11 is 0. The summed E-state index contributed by atoms with van der Waals surface area (Å²) in [7, 11) is 1.60. The van der Waals surface area contributed by atoms with Crippen molar-refractivity contribution in [1.29, 1.82) is 0 Å². The molecule has 0 saturated carbocycles. The number of hydrogen-bond donors (Lipinski definition) is 2. The molecule has 1 atom stereocenters. The zero-order valence-corrected chi connectivity index (χ0v) is 11.7. The highest BCUT2D eigenvalue weighted by Crippen LogP contribution is 2.31. The van der Waals surface area contributed by atoms with E-state index in [1.54, 1.807) is 19.2 Å². The molecule has 0 bridgehead atoms. The van der Waals surface area contributed by atoms with E-state index in [1.807, 2.05) is 48.6 Å². The fourth-order valence-corrected chi connectivity index (χ4v) is 2.32. The highest BCUT2D eigenvalue weighted by atomic mass is 16.5. The first-order valence-corrected chi connectivity index (χ1v) is 6.75. The Morgan fingerprint density at radius 2 is 1.86 bits per heavy atom. The number of ether oxygens (including phenoxy) is 1. The van der Waals surface area contributed by atoms with Gasteiger partial charge in [-0.25, -0.2) is 0 Å². The van der Waals surface area contributed by atoms with E-state index in [4.69, 9.17) is 4.74 Å². The summed E-state index contributed by atoms with van der Waals surface area (Å²) in [4.78, 5) is 12.1. The largest absolute Gasteiger partial charge is 0.495 e. The van der Waals surface area contributed by atoms with Crippen molar-refractivity contribution >= 4 is 17.7 Å². The highest BCUT2D eigenvalue weighted by Gasteiger charge is 2.24. The van der Waals surface area contributed by atoms with Crippen LogP contribution in [0.5, 0.6) is 5.75 Å². The predicted molar refractivity (Wildman–Crippen MR) is 83.3 cm³/mol. The van der Waals surface area contributed by atoms with Gasteiger partial charge >= 0.3 is 0 Å². The Kier molecular flexibility index (Phi) is 3.60. The van der Waals surface area contributed by atoms with E-state index in [2.05, 4.69) is 10.6 Å². The fourth-order valence-electron chi connectivity index (χ4n) is 2.32. The van der Waals surface area contributed by atoms with Gasteiger partial charge in [0, 0.05) is 0 Å². The summed E-state index contributed by atoms with van der Waals surface area (Å²) in [5.74, 6) is 0.561. The average molecular weight is 280 g/mol. The number of benzene rings is 2. The van der Waals surface area contributed by atoms with Crippen LogP contribution in [0.2, 0.25) is 0 Å². The smallest absolute Gasteiger partial charge is 0.255 e. The number of carbonyl (C=O) groups excluding carboxylic acids is 1.